The van der Waals surface area contributed by atoms with Gasteiger partial charge >= 0.3 is 0 Å². The molecule has 1 aromatic carbocycles. The third kappa shape index (κ3) is 6.12. The summed E-state index contributed by atoms with van der Waals surface area (Å²) in [6.07, 6.45) is 8.14. The normalized spacial score (nSPS) is 27.4. The van der Waals surface area contributed by atoms with Gasteiger partial charge in [-0.3, -0.25) is 19.5 Å². The van der Waals surface area contributed by atoms with Crippen LogP contribution in [-0.4, -0.2) is 86.4 Å². The number of carbonyl (C=O) groups is 2. The maximum atomic E-state index is 13.6. The number of aliphatic hydroxyl groups excluding tert-OH is 1. The molecule has 11 nitrogen and oxygen atoms in total. The summed E-state index contributed by atoms with van der Waals surface area (Å²) in [4.78, 5) is 37.7. The molecular formula is C30H36N6O5. The first-order valence-corrected chi connectivity index (χ1v) is 14.2. The van der Waals surface area contributed by atoms with E-state index in [1.54, 1.807) is 24.7 Å². The highest BCUT2D eigenvalue weighted by molar-refractivity contribution is 5.98. The first-order valence-electron chi connectivity index (χ1n) is 14.2. The first-order chi connectivity index (χ1) is 19.9. The number of likely N-dealkylation sites (tertiary alicyclic amines) is 1. The molecule has 6 rings (SSSR count). The third-order valence-electron chi connectivity index (χ3n) is 8.30. The van der Waals surface area contributed by atoms with Crippen LogP contribution in [0.3, 0.4) is 0 Å². The largest absolute Gasteiger partial charge is 0.493 e. The molecule has 0 saturated carbocycles. The Hall–Kier alpha value is -3.80. The Morgan fingerprint density at radius 1 is 1.07 bits per heavy atom. The molecule has 11 heteroatoms. The van der Waals surface area contributed by atoms with Gasteiger partial charge in [0.15, 0.2) is 0 Å². The molecule has 2 fully saturated rings. The van der Waals surface area contributed by atoms with E-state index in [9.17, 15) is 14.7 Å². The number of benzene rings is 1. The minimum absolute atomic E-state index is 0.121. The van der Waals surface area contributed by atoms with Gasteiger partial charge in [0.25, 0.3) is 5.91 Å². The van der Waals surface area contributed by atoms with E-state index in [4.69, 9.17) is 9.47 Å². The summed E-state index contributed by atoms with van der Waals surface area (Å²) in [6.45, 7) is 1.53. The van der Waals surface area contributed by atoms with E-state index in [-0.39, 0.29) is 30.5 Å². The lowest BCUT2D eigenvalue weighted by Gasteiger charge is -2.34. The molecule has 0 aliphatic carbocycles. The molecule has 0 radical (unpaired) electrons. The van der Waals surface area contributed by atoms with Crippen molar-refractivity contribution in [3.05, 3.63) is 66.5 Å². The fourth-order valence-corrected chi connectivity index (χ4v) is 5.97. The maximum Gasteiger partial charge on any atom is 0.255 e. The van der Waals surface area contributed by atoms with Gasteiger partial charge in [-0.25, -0.2) is 4.98 Å². The van der Waals surface area contributed by atoms with Crippen LogP contribution in [0.5, 0.6) is 5.75 Å². The Morgan fingerprint density at radius 2 is 1.93 bits per heavy atom. The maximum absolute atomic E-state index is 13.6. The number of rotatable bonds is 3. The highest BCUT2D eigenvalue weighted by atomic mass is 16.5. The van der Waals surface area contributed by atoms with Gasteiger partial charge in [0.2, 0.25) is 5.91 Å². The van der Waals surface area contributed by atoms with Gasteiger partial charge in [-0.05, 0) is 54.7 Å². The Labute approximate surface area is 238 Å². The average molecular weight is 561 g/mol. The zero-order chi connectivity index (χ0) is 28.3. The molecule has 216 valence electrons. The fraction of sp³-hybridized carbons (Fsp3) is 0.467. The van der Waals surface area contributed by atoms with Gasteiger partial charge in [0.1, 0.15) is 17.7 Å². The number of amides is 2. The Morgan fingerprint density at radius 3 is 2.73 bits per heavy atom. The molecule has 2 aromatic heterocycles. The van der Waals surface area contributed by atoms with Crippen molar-refractivity contribution in [3.63, 3.8) is 0 Å². The van der Waals surface area contributed by atoms with Gasteiger partial charge in [-0.1, -0.05) is 6.07 Å². The van der Waals surface area contributed by atoms with Crippen molar-refractivity contribution >= 4 is 11.8 Å². The van der Waals surface area contributed by atoms with Crippen molar-refractivity contribution in [3.8, 4) is 16.9 Å². The molecule has 0 spiro atoms. The smallest absolute Gasteiger partial charge is 0.255 e. The quantitative estimate of drug-likeness (QED) is 0.441. The minimum Gasteiger partial charge on any atom is -0.493 e. The van der Waals surface area contributed by atoms with Crippen molar-refractivity contribution in [2.75, 3.05) is 19.7 Å². The number of aliphatic hydroxyl groups is 1. The number of nitrogens with zero attached hydrogens (tertiary/aromatic N) is 4. The Bertz CT molecular complexity index is 1380. The average Bonchev–Trinajstić information content (AvgIpc) is 3.58. The molecule has 3 aromatic rings. The topological polar surface area (TPSA) is 131 Å². The summed E-state index contributed by atoms with van der Waals surface area (Å²) >= 11 is 0. The van der Waals surface area contributed by atoms with Crippen LogP contribution in [0.1, 0.15) is 41.9 Å². The summed E-state index contributed by atoms with van der Waals surface area (Å²) < 4.78 is 14.4. The van der Waals surface area contributed by atoms with Crippen molar-refractivity contribution in [1.82, 2.24) is 30.1 Å². The van der Waals surface area contributed by atoms with E-state index in [1.807, 2.05) is 47.0 Å². The first kappa shape index (κ1) is 27.4. The van der Waals surface area contributed by atoms with E-state index in [1.165, 1.54) is 0 Å². The van der Waals surface area contributed by atoms with Gasteiger partial charge in [-0.2, -0.15) is 0 Å². The lowest BCUT2D eigenvalue weighted by Crippen LogP contribution is -2.50. The molecule has 2 saturated heterocycles. The van der Waals surface area contributed by atoms with Crippen LogP contribution < -0.4 is 15.4 Å². The number of pyridine rings is 1. The number of aryl methyl sites for hydroxylation is 1. The molecule has 2 amide bonds. The highest BCUT2D eigenvalue weighted by Gasteiger charge is 2.39. The second kappa shape index (κ2) is 12.0. The standard InChI is InChI=1S/C30H36N6O5/c1-35-12-11-32-28(35)18-36-17-21-15-24(36)30(39)33-16-27-25(37)5-3-22(41-27)8-13-40-26-14-20(19-6-9-31-10-7-19)2-4-23(26)29(38)34-21/h2,4,6-7,9-12,14,21-22,24-25,27,37H,3,5,8,13,15-18H2,1H3,(H,33,39)(H,34,38)/t21-,22-,24-,25-,27+/m0/s1. The summed E-state index contributed by atoms with van der Waals surface area (Å²) in [5, 5.41) is 16.8. The van der Waals surface area contributed by atoms with Crippen LogP contribution in [0, 0.1) is 0 Å². The van der Waals surface area contributed by atoms with Crippen LogP contribution in [0.4, 0.5) is 0 Å². The fourth-order valence-electron chi connectivity index (χ4n) is 5.97. The van der Waals surface area contributed by atoms with E-state index in [0.717, 1.165) is 17.0 Å². The number of ether oxygens (including phenoxy) is 2. The van der Waals surface area contributed by atoms with Gasteiger partial charge < -0.3 is 29.8 Å². The number of imidazole rings is 1. The molecule has 5 heterocycles. The molecule has 0 unspecified atom stereocenters. The summed E-state index contributed by atoms with van der Waals surface area (Å²) in [5.41, 5.74) is 2.33. The summed E-state index contributed by atoms with van der Waals surface area (Å²) in [7, 11) is 1.92. The number of hydrogen-bond acceptors (Lipinski definition) is 8. The molecule has 5 atom stereocenters. The van der Waals surface area contributed by atoms with E-state index in [0.29, 0.717) is 56.7 Å². The van der Waals surface area contributed by atoms with Crippen molar-refractivity contribution in [2.24, 2.45) is 7.05 Å². The zero-order valence-corrected chi connectivity index (χ0v) is 23.1. The lowest BCUT2D eigenvalue weighted by atomic mass is 9.99. The predicted molar refractivity (Wildman–Crippen MR) is 150 cm³/mol. The SMILES string of the molecule is Cn1ccnc1CN1C[C@@H]2C[C@H]1C(=O)NC[C@H]1O[C@H](CCOc3cc(-c4ccncc4)ccc3C(=O)N2)CC[C@@H]1O. The number of carbonyl (C=O) groups excluding carboxylic acids is 2. The predicted octanol–water partition coefficient (Wildman–Crippen LogP) is 1.66. The van der Waals surface area contributed by atoms with Crippen LogP contribution >= 0.6 is 0 Å². The van der Waals surface area contributed by atoms with E-state index < -0.39 is 18.2 Å². The van der Waals surface area contributed by atoms with Crippen molar-refractivity contribution in [2.45, 2.75) is 62.6 Å². The Balaban J connectivity index is 1.30. The molecule has 41 heavy (non-hydrogen) atoms. The number of hydrogen-bond donors (Lipinski definition) is 3. The van der Waals surface area contributed by atoms with Crippen LogP contribution in [-0.2, 0) is 23.1 Å². The van der Waals surface area contributed by atoms with E-state index in [2.05, 4.69) is 20.6 Å². The van der Waals surface area contributed by atoms with Crippen molar-refractivity contribution < 1.29 is 24.2 Å². The van der Waals surface area contributed by atoms with Crippen molar-refractivity contribution in [1.29, 1.82) is 0 Å². The number of nitrogens with one attached hydrogen (secondary N) is 2. The summed E-state index contributed by atoms with van der Waals surface area (Å²) in [5.74, 6) is 0.936. The van der Waals surface area contributed by atoms with Crippen LogP contribution in [0.25, 0.3) is 11.1 Å². The number of fused-ring (bicyclic) bond motifs is 5. The third-order valence-corrected chi connectivity index (χ3v) is 8.30. The van der Waals surface area contributed by atoms with Gasteiger partial charge in [0, 0.05) is 57.4 Å². The molecule has 3 aliphatic rings. The second-order valence-electron chi connectivity index (χ2n) is 11.1. The monoisotopic (exact) mass is 560 g/mol. The summed E-state index contributed by atoms with van der Waals surface area (Å²) in [6, 6.07) is 8.70. The van der Waals surface area contributed by atoms with Crippen LogP contribution in [0.2, 0.25) is 0 Å². The molecule has 4 bridgehead atoms. The van der Waals surface area contributed by atoms with E-state index >= 15 is 0 Å². The van der Waals surface area contributed by atoms with Gasteiger partial charge in [-0.15, -0.1) is 0 Å². The zero-order valence-electron chi connectivity index (χ0n) is 23.1. The number of aromatic nitrogens is 3. The van der Waals surface area contributed by atoms with Gasteiger partial charge in [0.05, 0.1) is 37.0 Å². The molecular weight excluding hydrogens is 524 g/mol. The second-order valence-corrected chi connectivity index (χ2v) is 11.1. The Kier molecular flexibility index (Phi) is 8.00. The molecule has 3 N–H and O–H groups in total. The highest BCUT2D eigenvalue weighted by Crippen LogP contribution is 2.30. The van der Waals surface area contributed by atoms with Crippen LogP contribution in [0.15, 0.2) is 55.1 Å². The lowest BCUT2D eigenvalue weighted by molar-refractivity contribution is -0.133. The molecule has 3 aliphatic heterocycles. The minimum atomic E-state index is -0.644.